The van der Waals surface area contributed by atoms with Crippen molar-refractivity contribution in [1.29, 1.82) is 0 Å². The first-order chi connectivity index (χ1) is 29.3. The maximum absolute atomic E-state index is 14.1. The zero-order valence-corrected chi connectivity index (χ0v) is 37.8. The van der Waals surface area contributed by atoms with Gasteiger partial charge in [0.2, 0.25) is 11.0 Å². The number of pyridine rings is 1. The normalized spacial score (nSPS) is 12.5. The lowest BCUT2D eigenvalue weighted by atomic mass is 10.0. The molecule has 0 radical (unpaired) electrons. The molecular formula is C42H60N5O12S3+. The highest BCUT2D eigenvalue weighted by Gasteiger charge is 2.27. The Morgan fingerprint density at radius 1 is 0.645 bits per heavy atom. The van der Waals surface area contributed by atoms with E-state index in [1.165, 1.54) is 0 Å². The first kappa shape index (κ1) is 50.5. The van der Waals surface area contributed by atoms with E-state index in [9.17, 15) is 43.9 Å². The Labute approximate surface area is 364 Å². The molecule has 4 rings (SSSR count). The number of nitrogens with two attached hydrogens (primary N) is 1. The molecule has 0 saturated heterocycles. The van der Waals surface area contributed by atoms with E-state index in [-0.39, 0.29) is 36.8 Å². The van der Waals surface area contributed by atoms with Crippen LogP contribution in [0.2, 0.25) is 0 Å². The van der Waals surface area contributed by atoms with Gasteiger partial charge in [0, 0.05) is 30.7 Å². The predicted octanol–water partition coefficient (Wildman–Crippen LogP) is 3.80. The molecule has 0 aliphatic heterocycles. The Bertz CT molecular complexity index is 2420. The highest BCUT2D eigenvalue weighted by atomic mass is 32.2. The lowest BCUT2D eigenvalue weighted by molar-refractivity contribution is -0.645. The highest BCUT2D eigenvalue weighted by molar-refractivity contribution is 7.86. The minimum Gasteiger partial charge on any atom is -0.422 e. The van der Waals surface area contributed by atoms with Crippen LogP contribution in [0.4, 0.5) is 0 Å². The topological polar surface area (TPSA) is 255 Å². The smallest absolute Gasteiger partial charge is 0.345 e. The summed E-state index contributed by atoms with van der Waals surface area (Å²) in [5, 5.41) is 4.14. The van der Waals surface area contributed by atoms with Gasteiger partial charge in [-0.15, -0.1) is 0 Å². The summed E-state index contributed by atoms with van der Waals surface area (Å²) in [7, 11) is -12.3. The number of nitrogens with zero attached hydrogens (tertiary/aromatic N) is 3. The number of fused-ring (bicyclic) bond motifs is 2. The first-order valence-electron chi connectivity index (χ1n) is 20.7. The van der Waals surface area contributed by atoms with Crippen LogP contribution in [-0.4, -0.2) is 130 Å². The van der Waals surface area contributed by atoms with Gasteiger partial charge in [0.05, 0.1) is 33.6 Å². The summed E-state index contributed by atoms with van der Waals surface area (Å²) in [6, 6.07) is 17.8. The van der Waals surface area contributed by atoms with Crippen LogP contribution in [0.1, 0.15) is 76.8 Å². The van der Waals surface area contributed by atoms with Crippen molar-refractivity contribution in [2.24, 2.45) is 5.73 Å². The van der Waals surface area contributed by atoms with Crippen molar-refractivity contribution in [1.82, 2.24) is 15.1 Å². The van der Waals surface area contributed by atoms with Crippen molar-refractivity contribution >= 4 is 64.0 Å². The Kier molecular flexibility index (Phi) is 19.2. The zero-order valence-electron chi connectivity index (χ0n) is 35.4. The molecular weight excluding hydrogens is 863 g/mol. The number of nitrogens with one attached hydrogen (secondary N) is 1. The van der Waals surface area contributed by atoms with Gasteiger partial charge < -0.3 is 25.6 Å². The van der Waals surface area contributed by atoms with Crippen molar-refractivity contribution in [2.75, 3.05) is 69.6 Å². The minimum absolute atomic E-state index is 0.155. The van der Waals surface area contributed by atoms with Gasteiger partial charge in [0.1, 0.15) is 5.75 Å². The second-order valence-electron chi connectivity index (χ2n) is 15.5. The monoisotopic (exact) mass is 922 g/mol. The summed E-state index contributed by atoms with van der Waals surface area (Å²) >= 11 is 0. The third kappa shape index (κ3) is 16.5. The molecule has 20 heteroatoms. The van der Waals surface area contributed by atoms with E-state index >= 15 is 0 Å². The molecule has 0 spiro atoms. The van der Waals surface area contributed by atoms with Crippen LogP contribution in [-0.2, 0) is 36.9 Å². The summed E-state index contributed by atoms with van der Waals surface area (Å²) < 4.78 is 104. The second-order valence-corrected chi connectivity index (χ2v) is 20.2. The number of aromatic nitrogens is 1. The number of carbonyl (C=O) groups excluding carboxylic acids is 2. The number of carbonyl (C=O) groups is 2. The standard InChI is InChI=1S/C42H59N5O12S3/c1-32-30-34(41(48)44-19-10-23-46(25-12-28-61(53,54)55)21-8-7-20-45(22-9-18-43)24-11-27-60(50,51)52)31-33(2)40(32)59-42(49)39-35-14-3-5-16-37(35)47(26-13-29-62(56,57)58)38-17-6-4-15-36(38)39/h3-6,14-17,30-31H,7-13,18-29,43H2,1-2H3,(H3-,44,48,50,51,52,53,54,55,56,57,58)/p+1. The molecule has 0 bridgehead atoms. The van der Waals surface area contributed by atoms with Gasteiger partial charge >= 0.3 is 5.97 Å². The Balaban J connectivity index is 1.38. The fourth-order valence-corrected chi connectivity index (χ4v) is 9.05. The molecule has 0 fully saturated rings. The molecule has 1 heterocycles. The van der Waals surface area contributed by atoms with E-state index < -0.39 is 42.1 Å². The van der Waals surface area contributed by atoms with Crippen molar-refractivity contribution in [3.63, 3.8) is 0 Å². The fourth-order valence-electron chi connectivity index (χ4n) is 7.57. The van der Waals surface area contributed by atoms with Gasteiger partial charge in [-0.25, -0.2) is 4.79 Å². The largest absolute Gasteiger partial charge is 0.422 e. The number of unbranched alkanes of at least 4 members (excludes halogenated alkanes) is 1. The third-order valence-electron chi connectivity index (χ3n) is 10.4. The molecule has 0 aliphatic rings. The van der Waals surface area contributed by atoms with Gasteiger partial charge in [-0.05, 0) is 134 Å². The number of esters is 1. The average Bonchev–Trinajstić information content (AvgIpc) is 3.19. The van der Waals surface area contributed by atoms with Crippen LogP contribution < -0.4 is 20.4 Å². The summed E-state index contributed by atoms with van der Waals surface area (Å²) in [5.41, 5.74) is 8.88. The Morgan fingerprint density at radius 2 is 1.08 bits per heavy atom. The third-order valence-corrected chi connectivity index (χ3v) is 12.8. The molecule has 0 aliphatic carbocycles. The summed E-state index contributed by atoms with van der Waals surface area (Å²) in [6.07, 6.45) is 3.54. The summed E-state index contributed by atoms with van der Waals surface area (Å²) in [4.78, 5) is 31.6. The molecule has 0 unspecified atom stereocenters. The van der Waals surface area contributed by atoms with Gasteiger partial charge in [0.25, 0.3) is 36.3 Å². The van der Waals surface area contributed by atoms with Crippen molar-refractivity contribution < 1.29 is 57.8 Å². The fraction of sp³-hybridized carbons (Fsp3) is 0.500. The number of benzene rings is 3. The van der Waals surface area contributed by atoms with E-state index in [4.69, 9.17) is 15.0 Å². The van der Waals surface area contributed by atoms with Crippen LogP contribution in [0.5, 0.6) is 5.75 Å². The number of aryl methyl sites for hydroxylation is 3. The molecule has 1 amide bonds. The van der Waals surface area contributed by atoms with Crippen LogP contribution in [0, 0.1) is 13.8 Å². The Morgan fingerprint density at radius 3 is 1.56 bits per heavy atom. The number of hydrogen-bond donors (Lipinski definition) is 5. The molecule has 0 saturated carbocycles. The quantitative estimate of drug-likeness (QED) is 0.0142. The van der Waals surface area contributed by atoms with Crippen molar-refractivity contribution in [2.45, 2.75) is 65.3 Å². The van der Waals surface area contributed by atoms with E-state index in [0.717, 1.165) is 19.3 Å². The average molecular weight is 923 g/mol. The predicted molar refractivity (Wildman–Crippen MR) is 238 cm³/mol. The van der Waals surface area contributed by atoms with Gasteiger partial charge in [-0.3, -0.25) is 18.5 Å². The zero-order chi connectivity index (χ0) is 45.5. The second kappa shape index (κ2) is 23.5. The van der Waals surface area contributed by atoms with Crippen LogP contribution in [0.3, 0.4) is 0 Å². The SMILES string of the molecule is Cc1cc(C(=O)NCCCN(CCCCN(CCCN)CCCS(=O)(=O)O)CCCS(=O)(=O)O)cc(C)c1OC(=O)c1c2ccccc2[n+](CCCS(=O)(=O)O)c2ccccc12. The number of amides is 1. The van der Waals surface area contributed by atoms with Gasteiger partial charge in [0.15, 0.2) is 6.54 Å². The van der Waals surface area contributed by atoms with E-state index in [2.05, 4.69) is 15.1 Å². The van der Waals surface area contributed by atoms with Crippen molar-refractivity contribution in [3.05, 3.63) is 82.9 Å². The van der Waals surface area contributed by atoms with Gasteiger partial charge in [-0.1, -0.05) is 24.3 Å². The van der Waals surface area contributed by atoms with Gasteiger partial charge in [-0.2, -0.15) is 29.8 Å². The molecule has 6 N–H and O–H groups in total. The maximum atomic E-state index is 14.1. The molecule has 4 aromatic rings. The molecule has 0 atom stereocenters. The van der Waals surface area contributed by atoms with E-state index in [1.807, 2.05) is 28.8 Å². The molecule has 342 valence electrons. The highest BCUT2D eigenvalue weighted by Crippen LogP contribution is 2.30. The van der Waals surface area contributed by atoms with E-state index in [0.29, 0.717) is 115 Å². The van der Waals surface area contributed by atoms with Crippen LogP contribution in [0.25, 0.3) is 21.8 Å². The number of rotatable bonds is 27. The molecule has 62 heavy (non-hydrogen) atoms. The number of ether oxygens (including phenoxy) is 1. The molecule has 1 aromatic heterocycles. The number of para-hydroxylation sites is 2. The molecule has 17 nitrogen and oxygen atoms in total. The number of hydrogen-bond acceptors (Lipinski definition) is 12. The van der Waals surface area contributed by atoms with Crippen LogP contribution >= 0.6 is 0 Å². The van der Waals surface area contributed by atoms with E-state index in [1.54, 1.807) is 50.2 Å². The van der Waals surface area contributed by atoms with Crippen molar-refractivity contribution in [3.8, 4) is 5.75 Å². The maximum Gasteiger partial charge on any atom is 0.345 e. The lowest BCUT2D eigenvalue weighted by Crippen LogP contribution is -2.37. The minimum atomic E-state index is -4.16. The Hall–Kier alpha value is -4.12. The lowest BCUT2D eigenvalue weighted by Gasteiger charge is -2.24. The first-order valence-corrected chi connectivity index (χ1v) is 25.5. The molecule has 3 aromatic carbocycles. The summed E-state index contributed by atoms with van der Waals surface area (Å²) in [6.45, 7) is 8.09. The summed E-state index contributed by atoms with van der Waals surface area (Å²) in [5.74, 6) is -1.71. The van der Waals surface area contributed by atoms with Crippen LogP contribution in [0.15, 0.2) is 60.7 Å².